The van der Waals surface area contributed by atoms with Gasteiger partial charge in [0.1, 0.15) is 0 Å². The SMILES string of the molecule is COc1cc(Cl)c(CNC23CC4CC(CC(C4)C2)C3)cc1OC. The number of hydrogen-bond donors (Lipinski definition) is 1. The van der Waals surface area contributed by atoms with E-state index >= 15 is 0 Å². The van der Waals surface area contributed by atoms with Gasteiger partial charge in [-0.2, -0.15) is 0 Å². The van der Waals surface area contributed by atoms with Gasteiger partial charge in [0, 0.05) is 23.2 Å². The van der Waals surface area contributed by atoms with Gasteiger partial charge in [-0.05, 0) is 67.9 Å². The van der Waals surface area contributed by atoms with Gasteiger partial charge < -0.3 is 14.8 Å². The number of rotatable bonds is 5. The molecule has 4 bridgehead atoms. The summed E-state index contributed by atoms with van der Waals surface area (Å²) in [5, 5.41) is 4.64. The van der Waals surface area contributed by atoms with Crippen LogP contribution in [0.4, 0.5) is 0 Å². The van der Waals surface area contributed by atoms with Crippen LogP contribution in [0.15, 0.2) is 12.1 Å². The van der Waals surface area contributed by atoms with Gasteiger partial charge in [-0.1, -0.05) is 11.6 Å². The van der Waals surface area contributed by atoms with E-state index in [-0.39, 0.29) is 0 Å². The molecule has 0 amide bonds. The zero-order valence-electron chi connectivity index (χ0n) is 14.0. The highest BCUT2D eigenvalue weighted by Crippen LogP contribution is 2.55. The van der Waals surface area contributed by atoms with Crippen molar-refractivity contribution in [3.8, 4) is 11.5 Å². The standard InChI is InChI=1S/C19H26ClNO2/c1-22-17-6-15(16(20)7-18(17)23-2)11-21-19-8-12-3-13(9-19)5-14(4-12)10-19/h6-7,12-14,21H,3-5,8-11H2,1-2H3. The van der Waals surface area contributed by atoms with E-state index in [0.29, 0.717) is 11.3 Å². The Hall–Kier alpha value is -0.930. The Kier molecular flexibility index (Phi) is 3.97. The summed E-state index contributed by atoms with van der Waals surface area (Å²) >= 11 is 6.45. The Bertz CT molecular complexity index is 566. The van der Waals surface area contributed by atoms with Crippen molar-refractivity contribution >= 4 is 11.6 Å². The molecule has 23 heavy (non-hydrogen) atoms. The zero-order valence-corrected chi connectivity index (χ0v) is 14.8. The second-order valence-corrected chi connectivity index (χ2v) is 8.26. The molecule has 0 atom stereocenters. The maximum Gasteiger partial charge on any atom is 0.162 e. The van der Waals surface area contributed by atoms with E-state index < -0.39 is 0 Å². The van der Waals surface area contributed by atoms with Crippen LogP contribution in [-0.2, 0) is 6.54 Å². The second kappa shape index (κ2) is 5.86. The Labute approximate surface area is 143 Å². The van der Waals surface area contributed by atoms with Crippen LogP contribution in [0.5, 0.6) is 11.5 Å². The molecule has 126 valence electrons. The minimum Gasteiger partial charge on any atom is -0.493 e. The minimum absolute atomic E-state index is 0.352. The monoisotopic (exact) mass is 335 g/mol. The van der Waals surface area contributed by atoms with E-state index in [2.05, 4.69) is 5.32 Å². The van der Waals surface area contributed by atoms with Gasteiger partial charge in [0.25, 0.3) is 0 Å². The van der Waals surface area contributed by atoms with Crippen LogP contribution in [0, 0.1) is 17.8 Å². The van der Waals surface area contributed by atoms with E-state index in [1.54, 1.807) is 14.2 Å². The Balaban J connectivity index is 1.51. The average molecular weight is 336 g/mol. The van der Waals surface area contributed by atoms with Crippen LogP contribution in [0.3, 0.4) is 0 Å². The van der Waals surface area contributed by atoms with Crippen molar-refractivity contribution in [2.24, 2.45) is 17.8 Å². The lowest BCUT2D eigenvalue weighted by Gasteiger charge is -2.57. The lowest BCUT2D eigenvalue weighted by Crippen LogP contribution is -2.58. The van der Waals surface area contributed by atoms with E-state index in [9.17, 15) is 0 Å². The number of ether oxygens (including phenoxy) is 2. The Morgan fingerprint density at radius 2 is 1.52 bits per heavy atom. The van der Waals surface area contributed by atoms with E-state index in [0.717, 1.165) is 40.6 Å². The topological polar surface area (TPSA) is 30.5 Å². The smallest absolute Gasteiger partial charge is 0.162 e. The molecular formula is C19H26ClNO2. The van der Waals surface area contributed by atoms with Gasteiger partial charge in [0.05, 0.1) is 14.2 Å². The summed E-state index contributed by atoms with van der Waals surface area (Å²) in [6.45, 7) is 0.811. The van der Waals surface area contributed by atoms with Crippen LogP contribution in [-0.4, -0.2) is 19.8 Å². The molecule has 3 nitrogen and oxygen atoms in total. The Morgan fingerprint density at radius 3 is 2.04 bits per heavy atom. The first-order valence-electron chi connectivity index (χ1n) is 8.76. The molecule has 0 unspecified atom stereocenters. The molecule has 0 radical (unpaired) electrons. The van der Waals surface area contributed by atoms with Crippen molar-refractivity contribution in [3.05, 3.63) is 22.7 Å². The first-order chi connectivity index (χ1) is 11.1. The molecule has 5 rings (SSSR count). The van der Waals surface area contributed by atoms with Crippen molar-refractivity contribution in [3.63, 3.8) is 0 Å². The van der Waals surface area contributed by atoms with Gasteiger partial charge in [-0.3, -0.25) is 0 Å². The first kappa shape index (κ1) is 15.6. The fourth-order valence-electron chi connectivity index (χ4n) is 5.64. The van der Waals surface area contributed by atoms with Crippen molar-refractivity contribution in [2.45, 2.75) is 50.6 Å². The maximum absolute atomic E-state index is 6.45. The van der Waals surface area contributed by atoms with Crippen LogP contribution in [0.2, 0.25) is 5.02 Å². The lowest BCUT2D eigenvalue weighted by atomic mass is 9.53. The van der Waals surface area contributed by atoms with Crippen LogP contribution >= 0.6 is 11.6 Å². The molecule has 0 heterocycles. The Morgan fingerprint density at radius 1 is 1.00 bits per heavy atom. The van der Waals surface area contributed by atoms with Crippen molar-refractivity contribution < 1.29 is 9.47 Å². The molecule has 4 fully saturated rings. The molecule has 1 aromatic rings. The van der Waals surface area contributed by atoms with Crippen LogP contribution < -0.4 is 14.8 Å². The first-order valence-corrected chi connectivity index (χ1v) is 9.14. The van der Waals surface area contributed by atoms with Crippen molar-refractivity contribution in [1.29, 1.82) is 0 Å². The third-order valence-corrected chi connectivity index (χ3v) is 6.60. The number of methoxy groups -OCH3 is 2. The molecule has 0 aromatic heterocycles. The number of hydrogen-bond acceptors (Lipinski definition) is 3. The number of nitrogens with one attached hydrogen (secondary N) is 1. The van der Waals surface area contributed by atoms with Gasteiger partial charge in [-0.15, -0.1) is 0 Å². The largest absolute Gasteiger partial charge is 0.493 e. The molecule has 4 aliphatic carbocycles. The third kappa shape index (κ3) is 2.83. The fraction of sp³-hybridized carbons (Fsp3) is 0.684. The van der Waals surface area contributed by atoms with E-state index in [1.807, 2.05) is 12.1 Å². The predicted molar refractivity (Wildman–Crippen MR) is 92.3 cm³/mol. The summed E-state index contributed by atoms with van der Waals surface area (Å²) < 4.78 is 10.7. The van der Waals surface area contributed by atoms with Crippen molar-refractivity contribution in [1.82, 2.24) is 5.32 Å². The molecule has 1 aromatic carbocycles. The molecule has 4 saturated carbocycles. The second-order valence-electron chi connectivity index (χ2n) is 7.85. The number of benzene rings is 1. The fourth-order valence-corrected chi connectivity index (χ4v) is 5.86. The average Bonchev–Trinajstić information content (AvgIpc) is 2.52. The molecule has 0 spiro atoms. The summed E-state index contributed by atoms with van der Waals surface area (Å²) in [5.41, 5.74) is 1.45. The zero-order chi connectivity index (χ0) is 16.0. The highest BCUT2D eigenvalue weighted by molar-refractivity contribution is 6.31. The van der Waals surface area contributed by atoms with Gasteiger partial charge >= 0.3 is 0 Å². The molecule has 4 aliphatic rings. The predicted octanol–water partition coefficient (Wildman–Crippen LogP) is 4.42. The highest BCUT2D eigenvalue weighted by Gasteiger charge is 2.50. The summed E-state index contributed by atoms with van der Waals surface area (Å²) in [6.07, 6.45) is 8.46. The van der Waals surface area contributed by atoms with Gasteiger partial charge in [0.2, 0.25) is 0 Å². The summed E-state index contributed by atoms with van der Waals surface area (Å²) in [6, 6.07) is 3.87. The maximum atomic E-state index is 6.45. The summed E-state index contributed by atoms with van der Waals surface area (Å²) in [5.74, 6) is 4.30. The number of halogens is 1. The van der Waals surface area contributed by atoms with Gasteiger partial charge in [0.15, 0.2) is 11.5 Å². The van der Waals surface area contributed by atoms with Crippen LogP contribution in [0.25, 0.3) is 0 Å². The van der Waals surface area contributed by atoms with Crippen molar-refractivity contribution in [2.75, 3.05) is 14.2 Å². The molecule has 0 aliphatic heterocycles. The van der Waals surface area contributed by atoms with Crippen LogP contribution in [0.1, 0.15) is 44.1 Å². The summed E-state index contributed by atoms with van der Waals surface area (Å²) in [7, 11) is 3.31. The van der Waals surface area contributed by atoms with E-state index in [4.69, 9.17) is 21.1 Å². The van der Waals surface area contributed by atoms with Gasteiger partial charge in [-0.25, -0.2) is 0 Å². The third-order valence-electron chi connectivity index (χ3n) is 6.24. The highest BCUT2D eigenvalue weighted by atomic mass is 35.5. The summed E-state index contributed by atoms with van der Waals surface area (Å²) in [4.78, 5) is 0. The lowest BCUT2D eigenvalue weighted by molar-refractivity contribution is -0.0206. The minimum atomic E-state index is 0.352. The van der Waals surface area contributed by atoms with E-state index in [1.165, 1.54) is 38.5 Å². The molecule has 0 saturated heterocycles. The molecular weight excluding hydrogens is 310 g/mol. The quantitative estimate of drug-likeness (QED) is 0.864. The molecule has 4 heteroatoms. The molecule has 1 N–H and O–H groups in total. The normalized spacial score (nSPS) is 34.7.